The van der Waals surface area contributed by atoms with Crippen LogP contribution in [0.15, 0.2) is 0 Å². The number of hydrogen-bond donors (Lipinski definition) is 1. The SMILES string of the molecule is CCC(C)NC1CCCCCC1C#N. The molecule has 1 fully saturated rings. The van der Waals surface area contributed by atoms with Crippen LogP contribution in [0.1, 0.15) is 52.4 Å². The first-order valence-electron chi connectivity index (χ1n) is 5.93. The van der Waals surface area contributed by atoms with Crippen LogP contribution in [0.25, 0.3) is 0 Å². The van der Waals surface area contributed by atoms with Crippen LogP contribution >= 0.6 is 0 Å². The lowest BCUT2D eigenvalue weighted by Crippen LogP contribution is -2.40. The molecule has 0 aromatic heterocycles. The lowest BCUT2D eigenvalue weighted by Gasteiger charge is -2.24. The van der Waals surface area contributed by atoms with E-state index in [1.165, 1.54) is 25.7 Å². The Balaban J connectivity index is 2.49. The third-order valence-corrected chi connectivity index (χ3v) is 3.29. The minimum Gasteiger partial charge on any atom is -0.310 e. The summed E-state index contributed by atoms with van der Waals surface area (Å²) in [6.45, 7) is 4.40. The van der Waals surface area contributed by atoms with Crippen molar-refractivity contribution in [2.75, 3.05) is 0 Å². The minimum atomic E-state index is 0.242. The van der Waals surface area contributed by atoms with Gasteiger partial charge in [-0.2, -0.15) is 5.26 Å². The molecule has 1 saturated carbocycles. The Morgan fingerprint density at radius 1 is 1.36 bits per heavy atom. The summed E-state index contributed by atoms with van der Waals surface area (Å²) >= 11 is 0. The van der Waals surface area contributed by atoms with Gasteiger partial charge in [0.05, 0.1) is 12.0 Å². The first-order valence-corrected chi connectivity index (χ1v) is 5.93. The van der Waals surface area contributed by atoms with Gasteiger partial charge < -0.3 is 5.32 Å². The Morgan fingerprint density at radius 2 is 2.07 bits per heavy atom. The number of nitrogens with one attached hydrogen (secondary N) is 1. The first kappa shape index (κ1) is 11.5. The van der Waals surface area contributed by atoms with Gasteiger partial charge in [0.15, 0.2) is 0 Å². The minimum absolute atomic E-state index is 0.242. The zero-order valence-electron chi connectivity index (χ0n) is 9.42. The van der Waals surface area contributed by atoms with Crippen molar-refractivity contribution < 1.29 is 0 Å². The largest absolute Gasteiger partial charge is 0.310 e. The highest BCUT2D eigenvalue weighted by atomic mass is 14.9. The Hall–Kier alpha value is -0.550. The van der Waals surface area contributed by atoms with E-state index in [1.54, 1.807) is 0 Å². The van der Waals surface area contributed by atoms with Crippen LogP contribution < -0.4 is 5.32 Å². The Labute approximate surface area is 87.7 Å². The first-order chi connectivity index (χ1) is 6.77. The fraction of sp³-hybridized carbons (Fsp3) is 0.917. The second-order valence-electron chi connectivity index (χ2n) is 4.46. The van der Waals surface area contributed by atoms with Gasteiger partial charge in [0, 0.05) is 12.1 Å². The van der Waals surface area contributed by atoms with Crippen molar-refractivity contribution in [1.29, 1.82) is 5.26 Å². The molecular formula is C12H22N2. The van der Waals surface area contributed by atoms with Crippen LogP contribution in [-0.2, 0) is 0 Å². The highest BCUT2D eigenvalue weighted by molar-refractivity contribution is 4.94. The predicted molar refractivity (Wildman–Crippen MR) is 58.9 cm³/mol. The van der Waals surface area contributed by atoms with Crippen molar-refractivity contribution in [2.24, 2.45) is 5.92 Å². The van der Waals surface area contributed by atoms with Crippen LogP contribution in [-0.4, -0.2) is 12.1 Å². The number of nitriles is 1. The van der Waals surface area contributed by atoms with Gasteiger partial charge in [-0.3, -0.25) is 0 Å². The molecule has 0 spiro atoms. The second kappa shape index (κ2) is 6.03. The smallest absolute Gasteiger partial charge is 0.0672 e. The van der Waals surface area contributed by atoms with E-state index in [9.17, 15) is 0 Å². The average Bonchev–Trinajstić information content (AvgIpc) is 2.42. The average molecular weight is 194 g/mol. The van der Waals surface area contributed by atoms with Crippen LogP contribution in [0.5, 0.6) is 0 Å². The maximum atomic E-state index is 9.08. The van der Waals surface area contributed by atoms with Crippen molar-refractivity contribution in [2.45, 2.75) is 64.5 Å². The summed E-state index contributed by atoms with van der Waals surface area (Å²) in [7, 11) is 0. The molecule has 0 bridgehead atoms. The Morgan fingerprint density at radius 3 is 2.71 bits per heavy atom. The predicted octanol–water partition coefficient (Wildman–Crippen LogP) is 2.85. The van der Waals surface area contributed by atoms with Crippen LogP contribution in [0.2, 0.25) is 0 Å². The normalized spacial score (nSPS) is 30.4. The molecule has 0 heterocycles. The molecule has 1 rings (SSSR count). The molecule has 1 aliphatic carbocycles. The van der Waals surface area contributed by atoms with Gasteiger partial charge in [0.25, 0.3) is 0 Å². The number of hydrogen-bond acceptors (Lipinski definition) is 2. The maximum Gasteiger partial charge on any atom is 0.0672 e. The van der Waals surface area contributed by atoms with Crippen molar-refractivity contribution in [1.82, 2.24) is 5.32 Å². The molecule has 0 radical (unpaired) electrons. The van der Waals surface area contributed by atoms with Gasteiger partial charge in [0.1, 0.15) is 0 Å². The molecule has 0 aromatic carbocycles. The van der Waals surface area contributed by atoms with E-state index >= 15 is 0 Å². The highest BCUT2D eigenvalue weighted by Crippen LogP contribution is 2.23. The van der Waals surface area contributed by atoms with E-state index in [2.05, 4.69) is 25.2 Å². The van der Waals surface area contributed by atoms with Gasteiger partial charge in [-0.25, -0.2) is 0 Å². The molecule has 2 nitrogen and oxygen atoms in total. The standard InChI is InChI=1S/C12H22N2/c1-3-10(2)14-12-8-6-4-5-7-11(12)9-13/h10-12,14H,3-8H2,1-2H3. The molecule has 0 aromatic rings. The van der Waals surface area contributed by atoms with Gasteiger partial charge in [-0.05, 0) is 26.2 Å². The zero-order valence-corrected chi connectivity index (χ0v) is 9.42. The molecule has 3 atom stereocenters. The summed E-state index contributed by atoms with van der Waals surface area (Å²) < 4.78 is 0. The molecule has 14 heavy (non-hydrogen) atoms. The lowest BCUT2D eigenvalue weighted by molar-refractivity contribution is 0.353. The maximum absolute atomic E-state index is 9.08. The zero-order chi connectivity index (χ0) is 10.4. The van der Waals surface area contributed by atoms with E-state index in [1.807, 2.05) is 0 Å². The van der Waals surface area contributed by atoms with Crippen LogP contribution in [0.4, 0.5) is 0 Å². The van der Waals surface area contributed by atoms with Gasteiger partial charge in [0.2, 0.25) is 0 Å². The molecule has 1 N–H and O–H groups in total. The third kappa shape index (κ3) is 3.31. The van der Waals surface area contributed by atoms with Gasteiger partial charge in [-0.1, -0.05) is 26.2 Å². The quantitative estimate of drug-likeness (QED) is 0.701. The van der Waals surface area contributed by atoms with Gasteiger partial charge in [-0.15, -0.1) is 0 Å². The summed E-state index contributed by atoms with van der Waals surface area (Å²) in [4.78, 5) is 0. The molecule has 0 amide bonds. The van der Waals surface area contributed by atoms with E-state index in [0.717, 1.165) is 12.8 Å². The van der Waals surface area contributed by atoms with E-state index < -0.39 is 0 Å². The summed E-state index contributed by atoms with van der Waals surface area (Å²) in [5.41, 5.74) is 0. The molecule has 80 valence electrons. The summed E-state index contributed by atoms with van der Waals surface area (Å²) in [5, 5.41) is 12.7. The van der Waals surface area contributed by atoms with Gasteiger partial charge >= 0.3 is 0 Å². The summed E-state index contributed by atoms with van der Waals surface area (Å²) in [6.07, 6.45) is 7.24. The molecule has 3 unspecified atom stereocenters. The monoisotopic (exact) mass is 194 g/mol. The van der Waals surface area contributed by atoms with Crippen molar-refractivity contribution in [3.63, 3.8) is 0 Å². The summed E-state index contributed by atoms with van der Waals surface area (Å²) in [5.74, 6) is 0.242. The molecule has 2 heteroatoms. The Bertz CT molecular complexity index is 195. The van der Waals surface area contributed by atoms with Crippen molar-refractivity contribution in [3.05, 3.63) is 0 Å². The van der Waals surface area contributed by atoms with E-state index in [-0.39, 0.29) is 5.92 Å². The fourth-order valence-corrected chi connectivity index (χ4v) is 2.14. The molecule has 1 aliphatic rings. The van der Waals surface area contributed by atoms with E-state index in [0.29, 0.717) is 12.1 Å². The molecule has 0 saturated heterocycles. The molecular weight excluding hydrogens is 172 g/mol. The van der Waals surface area contributed by atoms with Crippen molar-refractivity contribution in [3.8, 4) is 6.07 Å². The number of nitrogens with zero attached hydrogens (tertiary/aromatic N) is 1. The second-order valence-corrected chi connectivity index (χ2v) is 4.46. The van der Waals surface area contributed by atoms with E-state index in [4.69, 9.17) is 5.26 Å². The lowest BCUT2D eigenvalue weighted by atomic mass is 9.95. The number of rotatable bonds is 3. The van der Waals surface area contributed by atoms with Crippen LogP contribution in [0, 0.1) is 17.2 Å². The topological polar surface area (TPSA) is 35.8 Å². The molecule has 0 aliphatic heterocycles. The third-order valence-electron chi connectivity index (χ3n) is 3.29. The van der Waals surface area contributed by atoms with Crippen molar-refractivity contribution >= 4 is 0 Å². The highest BCUT2D eigenvalue weighted by Gasteiger charge is 2.23. The van der Waals surface area contributed by atoms with Crippen LogP contribution in [0.3, 0.4) is 0 Å². The Kier molecular flexibility index (Phi) is 4.97. The fourth-order valence-electron chi connectivity index (χ4n) is 2.14. The summed E-state index contributed by atoms with van der Waals surface area (Å²) in [6, 6.07) is 3.45.